The fourth-order valence-electron chi connectivity index (χ4n) is 6.33. The van der Waals surface area contributed by atoms with E-state index in [0.29, 0.717) is 34.3 Å². The molecule has 2 aromatic carbocycles. The molecular formula is C26H24ClFN8. The minimum absolute atomic E-state index is 0.168. The molecule has 1 saturated carbocycles. The number of hydrogen-bond acceptors (Lipinski definition) is 6. The molecule has 1 aliphatic heterocycles. The van der Waals surface area contributed by atoms with Crippen LogP contribution in [0.2, 0.25) is 5.02 Å². The van der Waals surface area contributed by atoms with Crippen LogP contribution in [0.25, 0.3) is 33.3 Å². The van der Waals surface area contributed by atoms with E-state index in [0.717, 1.165) is 47.4 Å². The molecular weight excluding hydrogens is 479 g/mol. The Hall–Kier alpha value is -3.56. The number of nitrogens with zero attached hydrogens (tertiary/aromatic N) is 6. The fourth-order valence-corrected chi connectivity index (χ4v) is 6.63. The smallest absolute Gasteiger partial charge is 0.177 e. The highest BCUT2D eigenvalue weighted by molar-refractivity contribution is 6.38. The molecule has 0 amide bonds. The zero-order valence-electron chi connectivity index (χ0n) is 19.6. The SMILES string of the molecule is Cn1cc2c(Cl)c(-c3n[nH]c4nc(N5CC[C@@H]6[C@H](C5)[C@@]6(CN)c5ccccc5F)cnc34)ccc2n1. The van der Waals surface area contributed by atoms with Gasteiger partial charge in [-0.3, -0.25) is 9.78 Å². The molecule has 5 aromatic rings. The first-order chi connectivity index (χ1) is 17.5. The number of nitrogens with one attached hydrogen (secondary N) is 1. The van der Waals surface area contributed by atoms with Crippen LogP contribution in [0.15, 0.2) is 48.8 Å². The van der Waals surface area contributed by atoms with E-state index in [9.17, 15) is 4.39 Å². The molecule has 0 radical (unpaired) electrons. The number of halogens is 2. The number of rotatable bonds is 4. The quantitative estimate of drug-likeness (QED) is 0.384. The van der Waals surface area contributed by atoms with Crippen molar-refractivity contribution in [1.82, 2.24) is 29.9 Å². The highest BCUT2D eigenvalue weighted by Gasteiger charge is 2.66. The first kappa shape index (κ1) is 21.7. The Labute approximate surface area is 211 Å². The third kappa shape index (κ3) is 2.96. The van der Waals surface area contributed by atoms with Gasteiger partial charge in [-0.15, -0.1) is 0 Å². The lowest BCUT2D eigenvalue weighted by atomic mass is 9.91. The standard InChI is InChI=1S/C26H24ClFN8/c1-35-11-15-20(34-35)7-6-14(22(15)27)23-24-25(33-32-23)31-21(10-30-24)36-9-8-16-18(12-36)26(16,13-29)17-4-2-3-5-19(17)28/h2-7,10-11,16,18H,8-9,12-13,29H2,1H3,(H,31,32,33)/t16-,18+,26-/m1/s1. The maximum Gasteiger partial charge on any atom is 0.177 e. The van der Waals surface area contributed by atoms with Crippen molar-refractivity contribution in [3.05, 3.63) is 65.2 Å². The molecule has 3 N–H and O–H groups in total. The summed E-state index contributed by atoms with van der Waals surface area (Å²) in [6, 6.07) is 10.9. The van der Waals surface area contributed by atoms with Crippen LogP contribution < -0.4 is 10.6 Å². The largest absolute Gasteiger partial charge is 0.355 e. The second kappa shape index (κ2) is 7.72. The van der Waals surface area contributed by atoms with Gasteiger partial charge in [-0.2, -0.15) is 10.2 Å². The van der Waals surface area contributed by atoms with Crippen molar-refractivity contribution in [3.63, 3.8) is 0 Å². The topological polar surface area (TPSA) is 102 Å². The van der Waals surface area contributed by atoms with Gasteiger partial charge in [0.05, 0.1) is 16.7 Å². The van der Waals surface area contributed by atoms with Crippen LogP contribution in [0.3, 0.4) is 0 Å². The summed E-state index contributed by atoms with van der Waals surface area (Å²) < 4.78 is 16.4. The van der Waals surface area contributed by atoms with Gasteiger partial charge in [-0.05, 0) is 42.0 Å². The molecule has 10 heteroatoms. The summed E-state index contributed by atoms with van der Waals surface area (Å²) in [7, 11) is 1.87. The zero-order valence-corrected chi connectivity index (χ0v) is 20.4. The molecule has 4 heterocycles. The fraction of sp³-hybridized carbons (Fsp3) is 0.308. The number of aromatic nitrogens is 6. The van der Waals surface area contributed by atoms with Crippen LogP contribution in [0.5, 0.6) is 0 Å². The molecule has 2 aliphatic rings. The molecule has 1 aliphatic carbocycles. The van der Waals surface area contributed by atoms with Gasteiger partial charge in [0.25, 0.3) is 0 Å². The molecule has 0 unspecified atom stereocenters. The van der Waals surface area contributed by atoms with Gasteiger partial charge in [0, 0.05) is 49.2 Å². The van der Waals surface area contributed by atoms with Crippen molar-refractivity contribution in [2.24, 2.45) is 24.6 Å². The van der Waals surface area contributed by atoms with Crippen molar-refractivity contribution in [1.29, 1.82) is 0 Å². The van der Waals surface area contributed by atoms with Crippen LogP contribution in [0.4, 0.5) is 10.2 Å². The summed E-state index contributed by atoms with van der Waals surface area (Å²) in [5.41, 5.74) is 10.2. The zero-order chi connectivity index (χ0) is 24.6. The predicted octanol–water partition coefficient (Wildman–Crippen LogP) is 4.05. The van der Waals surface area contributed by atoms with Crippen LogP contribution in [-0.2, 0) is 12.5 Å². The molecule has 182 valence electrons. The first-order valence-electron chi connectivity index (χ1n) is 12.0. The number of H-pyrrole nitrogens is 1. The number of anilines is 1. The Morgan fingerprint density at radius 2 is 2.08 bits per heavy atom. The highest BCUT2D eigenvalue weighted by Crippen LogP contribution is 2.63. The van der Waals surface area contributed by atoms with Gasteiger partial charge in [0.15, 0.2) is 5.65 Å². The van der Waals surface area contributed by atoms with Crippen molar-refractivity contribution in [2.45, 2.75) is 11.8 Å². The lowest BCUT2D eigenvalue weighted by Gasteiger charge is -2.26. The summed E-state index contributed by atoms with van der Waals surface area (Å²) in [6.45, 7) is 2.02. The third-order valence-electron chi connectivity index (χ3n) is 8.12. The Morgan fingerprint density at radius 1 is 1.22 bits per heavy atom. The maximum absolute atomic E-state index is 14.7. The van der Waals surface area contributed by atoms with Crippen molar-refractivity contribution >= 4 is 39.5 Å². The normalized spacial score (nSPS) is 23.4. The first-order valence-corrected chi connectivity index (χ1v) is 12.4. The third-order valence-corrected chi connectivity index (χ3v) is 8.52. The van der Waals surface area contributed by atoms with Gasteiger partial charge in [-0.1, -0.05) is 29.8 Å². The molecule has 3 atom stereocenters. The lowest BCUT2D eigenvalue weighted by molar-refractivity contribution is 0.533. The van der Waals surface area contributed by atoms with Gasteiger partial charge in [0.1, 0.15) is 22.8 Å². The Bertz CT molecular complexity index is 1640. The van der Waals surface area contributed by atoms with E-state index in [4.69, 9.17) is 27.3 Å². The molecule has 7 rings (SSSR count). The highest BCUT2D eigenvalue weighted by atomic mass is 35.5. The average Bonchev–Trinajstić information content (AvgIpc) is 3.12. The summed E-state index contributed by atoms with van der Waals surface area (Å²) in [5.74, 6) is 1.28. The van der Waals surface area contributed by atoms with E-state index in [2.05, 4.69) is 20.2 Å². The molecule has 0 spiro atoms. The minimum Gasteiger partial charge on any atom is -0.355 e. The van der Waals surface area contributed by atoms with Crippen molar-refractivity contribution in [3.8, 4) is 11.3 Å². The monoisotopic (exact) mass is 502 g/mol. The maximum atomic E-state index is 14.7. The number of nitrogens with two attached hydrogens (primary N) is 1. The second-order valence-electron chi connectivity index (χ2n) is 9.83. The van der Waals surface area contributed by atoms with Gasteiger partial charge in [0.2, 0.25) is 0 Å². The molecule has 0 bridgehead atoms. The Morgan fingerprint density at radius 3 is 2.92 bits per heavy atom. The minimum atomic E-state index is -0.305. The van der Waals surface area contributed by atoms with Gasteiger partial charge >= 0.3 is 0 Å². The van der Waals surface area contributed by atoms with Gasteiger partial charge < -0.3 is 10.6 Å². The number of benzene rings is 2. The van der Waals surface area contributed by atoms with E-state index in [-0.39, 0.29) is 17.2 Å². The molecule has 36 heavy (non-hydrogen) atoms. The number of piperidine rings is 1. The van der Waals surface area contributed by atoms with E-state index in [1.807, 2.05) is 37.5 Å². The van der Waals surface area contributed by atoms with Crippen LogP contribution in [0, 0.1) is 17.7 Å². The number of hydrogen-bond donors (Lipinski definition) is 2. The predicted molar refractivity (Wildman–Crippen MR) is 137 cm³/mol. The Kier molecular flexibility index (Phi) is 4.65. The second-order valence-corrected chi connectivity index (χ2v) is 10.2. The molecule has 1 saturated heterocycles. The number of aryl methyl sites for hydroxylation is 1. The van der Waals surface area contributed by atoms with Crippen LogP contribution in [0.1, 0.15) is 12.0 Å². The molecule has 8 nitrogen and oxygen atoms in total. The number of aromatic amines is 1. The van der Waals surface area contributed by atoms with Crippen LogP contribution in [-0.4, -0.2) is 49.6 Å². The summed E-state index contributed by atoms with van der Waals surface area (Å²) in [6.07, 6.45) is 4.61. The van der Waals surface area contributed by atoms with E-state index < -0.39 is 0 Å². The summed E-state index contributed by atoms with van der Waals surface area (Å²) >= 11 is 6.72. The summed E-state index contributed by atoms with van der Waals surface area (Å²) in [4.78, 5) is 11.8. The Balaban J connectivity index is 1.20. The molecule has 3 aromatic heterocycles. The average molecular weight is 503 g/mol. The van der Waals surface area contributed by atoms with Gasteiger partial charge in [-0.25, -0.2) is 14.4 Å². The summed E-state index contributed by atoms with van der Waals surface area (Å²) in [5, 5.41) is 13.4. The van der Waals surface area contributed by atoms with E-state index in [1.54, 1.807) is 16.9 Å². The van der Waals surface area contributed by atoms with E-state index in [1.165, 1.54) is 6.07 Å². The molecule has 2 fully saturated rings. The number of fused-ring (bicyclic) bond motifs is 3. The lowest BCUT2D eigenvalue weighted by Crippen LogP contribution is -2.32. The van der Waals surface area contributed by atoms with E-state index >= 15 is 0 Å². The van der Waals surface area contributed by atoms with Crippen molar-refractivity contribution < 1.29 is 4.39 Å². The van der Waals surface area contributed by atoms with Crippen LogP contribution >= 0.6 is 11.6 Å². The van der Waals surface area contributed by atoms with Crippen molar-refractivity contribution in [2.75, 3.05) is 24.5 Å².